The summed E-state index contributed by atoms with van der Waals surface area (Å²) in [6.45, 7) is 3.73. The molecule has 1 heterocycles. The van der Waals surface area contributed by atoms with Gasteiger partial charge in [0, 0.05) is 11.8 Å². The van der Waals surface area contributed by atoms with Gasteiger partial charge in [0.25, 0.3) is 0 Å². The first-order valence-electron chi connectivity index (χ1n) is 5.25. The predicted octanol–water partition coefficient (Wildman–Crippen LogP) is 2.84. The molecule has 0 aliphatic rings. The Balaban J connectivity index is 2.67. The SMILES string of the molecule is CCC(=O)c1nc2ccc(C)cc2cc1O. The molecule has 0 amide bonds. The quantitative estimate of drug-likeness (QED) is 0.783. The second kappa shape index (κ2) is 3.93. The van der Waals surface area contributed by atoms with E-state index in [1.54, 1.807) is 13.0 Å². The van der Waals surface area contributed by atoms with Crippen molar-refractivity contribution < 1.29 is 9.90 Å². The number of pyridine rings is 1. The molecule has 0 atom stereocenters. The number of hydrogen-bond donors (Lipinski definition) is 1. The molecule has 0 saturated heterocycles. The van der Waals surface area contributed by atoms with Crippen LogP contribution in [0.15, 0.2) is 24.3 Å². The van der Waals surface area contributed by atoms with E-state index in [-0.39, 0.29) is 17.2 Å². The molecule has 0 radical (unpaired) electrons. The number of aromatic nitrogens is 1. The number of Topliss-reactive ketones (excluding diaryl/α,β-unsaturated/α-hetero) is 1. The number of carbonyl (C=O) groups excluding carboxylic acids is 1. The fourth-order valence-electron chi connectivity index (χ4n) is 1.66. The third-order valence-electron chi connectivity index (χ3n) is 2.54. The molecular weight excluding hydrogens is 202 g/mol. The highest BCUT2D eigenvalue weighted by Crippen LogP contribution is 2.23. The molecule has 0 saturated carbocycles. The summed E-state index contributed by atoms with van der Waals surface area (Å²) in [7, 11) is 0. The fraction of sp³-hybridized carbons (Fsp3) is 0.231. The van der Waals surface area contributed by atoms with E-state index in [9.17, 15) is 9.90 Å². The molecule has 82 valence electrons. The molecule has 1 aromatic heterocycles. The average Bonchev–Trinajstić information content (AvgIpc) is 2.27. The summed E-state index contributed by atoms with van der Waals surface area (Å²) >= 11 is 0. The largest absolute Gasteiger partial charge is 0.506 e. The molecule has 1 N–H and O–H groups in total. The Kier molecular flexibility index (Phi) is 2.60. The number of fused-ring (bicyclic) bond motifs is 1. The van der Waals surface area contributed by atoms with Crippen molar-refractivity contribution in [1.29, 1.82) is 0 Å². The van der Waals surface area contributed by atoms with Gasteiger partial charge in [-0.3, -0.25) is 4.79 Å². The van der Waals surface area contributed by atoms with Crippen molar-refractivity contribution in [3.8, 4) is 5.75 Å². The zero-order valence-corrected chi connectivity index (χ0v) is 9.32. The average molecular weight is 215 g/mol. The van der Waals surface area contributed by atoms with E-state index in [0.29, 0.717) is 6.42 Å². The normalized spacial score (nSPS) is 10.6. The summed E-state index contributed by atoms with van der Waals surface area (Å²) in [5.41, 5.74) is 2.00. The van der Waals surface area contributed by atoms with Crippen LogP contribution in [0.3, 0.4) is 0 Å². The maximum absolute atomic E-state index is 11.5. The van der Waals surface area contributed by atoms with Crippen LogP contribution in [0.2, 0.25) is 0 Å². The number of rotatable bonds is 2. The van der Waals surface area contributed by atoms with Gasteiger partial charge in [0.1, 0.15) is 11.4 Å². The van der Waals surface area contributed by atoms with Gasteiger partial charge in [-0.2, -0.15) is 0 Å². The topological polar surface area (TPSA) is 50.2 Å². The van der Waals surface area contributed by atoms with Gasteiger partial charge in [0.05, 0.1) is 5.52 Å². The van der Waals surface area contributed by atoms with Gasteiger partial charge in [-0.05, 0) is 25.1 Å². The summed E-state index contributed by atoms with van der Waals surface area (Å²) in [5.74, 6) is -0.176. The Morgan fingerprint density at radius 2 is 2.12 bits per heavy atom. The van der Waals surface area contributed by atoms with Crippen molar-refractivity contribution in [2.75, 3.05) is 0 Å². The summed E-state index contributed by atoms with van der Waals surface area (Å²) in [6, 6.07) is 7.32. The molecule has 2 aromatic rings. The first-order chi connectivity index (χ1) is 7.61. The molecule has 0 aliphatic carbocycles. The molecule has 2 rings (SSSR count). The Labute approximate surface area is 93.7 Å². The minimum absolute atomic E-state index is 0.0371. The Bertz CT molecular complexity index is 561. The van der Waals surface area contributed by atoms with E-state index < -0.39 is 0 Å². The van der Waals surface area contributed by atoms with Crippen molar-refractivity contribution in [1.82, 2.24) is 4.98 Å². The van der Waals surface area contributed by atoms with Crippen molar-refractivity contribution in [3.05, 3.63) is 35.5 Å². The number of aryl methyl sites for hydroxylation is 1. The van der Waals surface area contributed by atoms with Gasteiger partial charge >= 0.3 is 0 Å². The van der Waals surface area contributed by atoms with Gasteiger partial charge in [-0.25, -0.2) is 4.98 Å². The summed E-state index contributed by atoms with van der Waals surface area (Å²) in [4.78, 5) is 15.7. The van der Waals surface area contributed by atoms with Crippen molar-refractivity contribution in [2.24, 2.45) is 0 Å². The third kappa shape index (κ3) is 1.76. The zero-order chi connectivity index (χ0) is 11.7. The highest BCUT2D eigenvalue weighted by atomic mass is 16.3. The summed E-state index contributed by atoms with van der Waals surface area (Å²) in [5, 5.41) is 10.6. The number of nitrogens with zero attached hydrogens (tertiary/aromatic N) is 1. The first-order valence-corrected chi connectivity index (χ1v) is 5.25. The molecule has 3 nitrogen and oxygen atoms in total. The predicted molar refractivity (Wildman–Crippen MR) is 62.8 cm³/mol. The highest BCUT2D eigenvalue weighted by molar-refractivity contribution is 5.99. The Morgan fingerprint density at radius 1 is 1.38 bits per heavy atom. The second-order valence-corrected chi connectivity index (χ2v) is 3.83. The molecule has 0 unspecified atom stereocenters. The summed E-state index contributed by atoms with van der Waals surface area (Å²) in [6.07, 6.45) is 0.345. The Hall–Kier alpha value is -1.90. The lowest BCUT2D eigenvalue weighted by atomic mass is 10.1. The van der Waals surface area contributed by atoms with Gasteiger partial charge in [-0.1, -0.05) is 18.6 Å². The monoisotopic (exact) mass is 215 g/mol. The number of hydrogen-bond acceptors (Lipinski definition) is 3. The molecule has 0 aliphatic heterocycles. The number of carbonyl (C=O) groups is 1. The lowest BCUT2D eigenvalue weighted by molar-refractivity contribution is 0.0981. The fourth-order valence-corrected chi connectivity index (χ4v) is 1.66. The van der Waals surface area contributed by atoms with Crippen LogP contribution in [0.5, 0.6) is 5.75 Å². The minimum Gasteiger partial charge on any atom is -0.506 e. The standard InChI is InChI=1S/C13H13NO2/c1-3-11(15)13-12(16)7-9-6-8(2)4-5-10(9)14-13/h4-7,16H,3H2,1-2H3. The lowest BCUT2D eigenvalue weighted by Crippen LogP contribution is -2.01. The van der Waals surface area contributed by atoms with Crippen LogP contribution in [0.4, 0.5) is 0 Å². The van der Waals surface area contributed by atoms with Crippen LogP contribution >= 0.6 is 0 Å². The zero-order valence-electron chi connectivity index (χ0n) is 9.32. The van der Waals surface area contributed by atoms with Gasteiger partial charge in [0.15, 0.2) is 5.78 Å². The van der Waals surface area contributed by atoms with E-state index in [0.717, 1.165) is 16.5 Å². The highest BCUT2D eigenvalue weighted by Gasteiger charge is 2.12. The minimum atomic E-state index is -0.139. The third-order valence-corrected chi connectivity index (χ3v) is 2.54. The molecule has 16 heavy (non-hydrogen) atoms. The van der Waals surface area contributed by atoms with Crippen molar-refractivity contribution in [2.45, 2.75) is 20.3 Å². The van der Waals surface area contributed by atoms with E-state index in [1.807, 2.05) is 25.1 Å². The van der Waals surface area contributed by atoms with Crippen molar-refractivity contribution in [3.63, 3.8) is 0 Å². The summed E-state index contributed by atoms with van der Waals surface area (Å²) < 4.78 is 0. The first kappa shape index (κ1) is 10.6. The van der Waals surface area contributed by atoms with Crippen LogP contribution in [0.25, 0.3) is 10.9 Å². The van der Waals surface area contributed by atoms with Gasteiger partial charge in [-0.15, -0.1) is 0 Å². The van der Waals surface area contributed by atoms with Gasteiger partial charge in [0.2, 0.25) is 0 Å². The number of benzene rings is 1. The molecule has 3 heteroatoms. The van der Waals surface area contributed by atoms with Gasteiger partial charge < -0.3 is 5.11 Å². The Morgan fingerprint density at radius 3 is 2.81 bits per heavy atom. The van der Waals surface area contributed by atoms with Crippen LogP contribution in [-0.4, -0.2) is 15.9 Å². The van der Waals surface area contributed by atoms with E-state index in [4.69, 9.17) is 0 Å². The molecule has 0 spiro atoms. The van der Waals surface area contributed by atoms with Crippen molar-refractivity contribution >= 4 is 16.7 Å². The van der Waals surface area contributed by atoms with E-state index in [1.165, 1.54) is 0 Å². The molecular formula is C13H13NO2. The molecule has 1 aromatic carbocycles. The number of ketones is 1. The maximum atomic E-state index is 11.5. The molecule has 0 fully saturated rings. The van der Waals surface area contributed by atoms with Crippen LogP contribution in [0, 0.1) is 6.92 Å². The lowest BCUT2D eigenvalue weighted by Gasteiger charge is -2.04. The smallest absolute Gasteiger partial charge is 0.184 e. The van der Waals surface area contributed by atoms with E-state index in [2.05, 4.69) is 4.98 Å². The van der Waals surface area contributed by atoms with Crippen LogP contribution in [0.1, 0.15) is 29.4 Å². The second-order valence-electron chi connectivity index (χ2n) is 3.83. The van der Waals surface area contributed by atoms with Crippen LogP contribution < -0.4 is 0 Å². The van der Waals surface area contributed by atoms with E-state index >= 15 is 0 Å². The number of aromatic hydroxyl groups is 1. The maximum Gasteiger partial charge on any atom is 0.184 e. The molecule has 0 bridgehead atoms. The van der Waals surface area contributed by atoms with Crippen LogP contribution in [-0.2, 0) is 0 Å².